The highest BCUT2D eigenvalue weighted by Gasteiger charge is 2.55. The number of carboxylic acid groups (broad SMARTS) is 1. The van der Waals surface area contributed by atoms with Crippen LogP contribution in [0.2, 0.25) is 4.34 Å². The molecule has 0 aliphatic carbocycles. The highest BCUT2D eigenvalue weighted by atomic mass is 35.5. The van der Waals surface area contributed by atoms with Gasteiger partial charge in [0.05, 0.1) is 6.61 Å². The quantitative estimate of drug-likeness (QED) is 0.146. The number of hydrogen-bond donors (Lipinski definition) is 4. The highest BCUT2D eigenvalue weighted by Crippen LogP contribution is 2.46. The molecule has 4 rings (SSSR count). The van der Waals surface area contributed by atoms with Crippen molar-refractivity contribution in [2.45, 2.75) is 41.8 Å². The number of nitroso groups, excluding NO2 is 1. The van der Waals surface area contributed by atoms with Crippen molar-refractivity contribution in [3.8, 4) is 0 Å². The Hall–Kier alpha value is -2.76. The molecule has 13 nitrogen and oxygen atoms in total. The molecule has 1 fully saturated rings. The third-order valence-electron chi connectivity index (χ3n) is 5.76. The Bertz CT molecular complexity index is 1310. The Morgan fingerprint density at radius 2 is 2.21 bits per heavy atom. The van der Waals surface area contributed by atoms with Crippen LogP contribution in [-0.2, 0) is 25.7 Å². The molecule has 0 spiro atoms. The van der Waals surface area contributed by atoms with Crippen LogP contribution in [0.5, 0.6) is 0 Å². The number of ether oxygens (including phenoxy) is 1. The second-order valence-corrected chi connectivity index (χ2v) is 12.2. The fourth-order valence-corrected chi connectivity index (χ4v) is 7.43. The van der Waals surface area contributed by atoms with Crippen molar-refractivity contribution < 1.29 is 24.2 Å². The van der Waals surface area contributed by atoms with Crippen LogP contribution in [0.3, 0.4) is 0 Å². The van der Waals surface area contributed by atoms with Gasteiger partial charge in [-0.1, -0.05) is 34.7 Å². The summed E-state index contributed by atoms with van der Waals surface area (Å²) in [6, 6.07) is -0.901. The molecule has 4 heterocycles. The molecular weight excluding hydrogens is 590 g/mol. The smallest absolute Gasteiger partial charge is 0.353 e. The number of hydrogen-bond acceptors (Lipinski definition) is 13. The number of nitrogens with zero attached hydrogens (tertiary/aromatic N) is 4. The zero-order valence-electron chi connectivity index (χ0n) is 20.2. The number of carbonyl (C=O) groups excluding carboxylic acids is 2. The van der Waals surface area contributed by atoms with E-state index in [1.54, 1.807) is 18.5 Å². The van der Waals surface area contributed by atoms with E-state index in [9.17, 15) is 24.4 Å². The van der Waals surface area contributed by atoms with Crippen LogP contribution < -0.4 is 16.8 Å². The molecule has 2 amide bonds. The third-order valence-corrected chi connectivity index (χ3v) is 9.54. The van der Waals surface area contributed by atoms with E-state index in [1.165, 1.54) is 23.5 Å². The number of aliphatic carboxylic acids is 1. The summed E-state index contributed by atoms with van der Waals surface area (Å²) in [5, 5.41) is 14.7. The number of thioether (sulfide) groups is 2. The van der Waals surface area contributed by atoms with Crippen molar-refractivity contribution in [1.82, 2.24) is 20.2 Å². The molecule has 2 aliphatic rings. The minimum absolute atomic E-state index is 0.0371. The molecule has 2 aromatic rings. The third kappa shape index (κ3) is 6.36. The first-order valence-electron chi connectivity index (χ1n) is 11.6. The molecule has 0 bridgehead atoms. The summed E-state index contributed by atoms with van der Waals surface area (Å²) in [6.45, 7) is 1.42. The van der Waals surface area contributed by atoms with E-state index in [0.717, 1.165) is 39.5 Å². The lowest BCUT2D eigenvalue weighted by Gasteiger charge is -2.49. The number of unbranched alkanes of at least 4 members (excludes halogenated alkanes) is 1. The molecule has 208 valence electrons. The summed E-state index contributed by atoms with van der Waals surface area (Å²) in [4.78, 5) is 59.9. The van der Waals surface area contributed by atoms with Gasteiger partial charge in [0.1, 0.15) is 27.1 Å². The van der Waals surface area contributed by atoms with Gasteiger partial charge in [0.2, 0.25) is 6.04 Å². The molecule has 0 saturated carbocycles. The van der Waals surface area contributed by atoms with Crippen LogP contribution in [0.15, 0.2) is 39.1 Å². The van der Waals surface area contributed by atoms with Crippen LogP contribution in [0.25, 0.3) is 0 Å². The summed E-state index contributed by atoms with van der Waals surface area (Å²) in [6.07, 6.45) is 4.94. The number of carboxylic acids is 1. The van der Waals surface area contributed by atoms with E-state index >= 15 is 0 Å². The van der Waals surface area contributed by atoms with Gasteiger partial charge in [-0.2, -0.15) is 0 Å². The summed E-state index contributed by atoms with van der Waals surface area (Å²) >= 11 is 9.42. The summed E-state index contributed by atoms with van der Waals surface area (Å²) < 4.78 is 5.75. The highest BCUT2D eigenvalue weighted by molar-refractivity contribution is 8.06. The Morgan fingerprint density at radius 1 is 1.41 bits per heavy atom. The van der Waals surface area contributed by atoms with Crippen molar-refractivity contribution in [2.75, 3.05) is 24.6 Å². The minimum atomic E-state index is -1.61. The Balaban J connectivity index is 1.48. The zero-order chi connectivity index (χ0) is 28.1. The van der Waals surface area contributed by atoms with Gasteiger partial charge in [0.15, 0.2) is 5.13 Å². The Labute approximate surface area is 240 Å². The van der Waals surface area contributed by atoms with Crippen LogP contribution >= 0.6 is 46.5 Å². The Kier molecular flexibility index (Phi) is 9.79. The maximum atomic E-state index is 13.0. The number of anilines is 1. The van der Waals surface area contributed by atoms with Crippen molar-refractivity contribution in [1.29, 1.82) is 0 Å². The minimum Gasteiger partial charge on any atom is -0.477 e. The van der Waals surface area contributed by atoms with Crippen LogP contribution in [0.4, 0.5) is 5.13 Å². The fourth-order valence-electron chi connectivity index (χ4n) is 3.91. The van der Waals surface area contributed by atoms with E-state index in [-0.39, 0.29) is 26.6 Å². The maximum Gasteiger partial charge on any atom is 0.353 e. The molecule has 0 aromatic carbocycles. The van der Waals surface area contributed by atoms with E-state index in [2.05, 4.69) is 20.5 Å². The number of pyridine rings is 1. The fraction of sp³-hybridized carbons (Fsp3) is 0.409. The standard InChI is InChI=1S/C22H24ClN7O6S3/c23-17-13(28-22(25)39-17)14(29-35)18(31)27-15-19(32)30-16(21(33)34)12(9-37-20(15)30)38-11-3-5-26-7-10(11)8-36-6-2-1-4-24/h3,5,7,14-15,20H,1-2,4,6,8-9,24H2,(H2,25,28)(H,27,31)(H,33,34)/t14?,15-,20+/m1/s1. The molecule has 0 radical (unpaired) electrons. The average Bonchev–Trinajstić information content (AvgIpc) is 3.25. The summed E-state index contributed by atoms with van der Waals surface area (Å²) in [7, 11) is 0. The number of carbonyl (C=O) groups is 3. The van der Waals surface area contributed by atoms with Gasteiger partial charge in [0.25, 0.3) is 11.8 Å². The van der Waals surface area contributed by atoms with Crippen LogP contribution in [0, 0.1) is 4.91 Å². The number of amides is 2. The Morgan fingerprint density at radius 3 is 2.87 bits per heavy atom. The SMILES string of the molecule is NCCCCOCc1cnccc1SC1=C(C(=O)O)N2C(=O)[C@@H](NC(=O)C(N=O)c3nc(N)sc3Cl)[C@@H]2SC1. The molecular formula is C22H24ClN7O6S3. The summed E-state index contributed by atoms with van der Waals surface area (Å²) in [5.74, 6) is -2.50. The number of β-lactam (4-membered cyclic amide) rings is 1. The van der Waals surface area contributed by atoms with Gasteiger partial charge in [-0.3, -0.25) is 19.5 Å². The maximum absolute atomic E-state index is 13.0. The van der Waals surface area contributed by atoms with Crippen LogP contribution in [-0.4, -0.2) is 68.1 Å². The second kappa shape index (κ2) is 13.1. The van der Waals surface area contributed by atoms with Gasteiger partial charge in [0, 0.05) is 40.1 Å². The first-order chi connectivity index (χ1) is 18.8. The lowest BCUT2D eigenvalue weighted by atomic mass is 10.0. The number of nitrogen functional groups attached to an aromatic ring is 1. The van der Waals surface area contributed by atoms with Gasteiger partial charge >= 0.3 is 5.97 Å². The van der Waals surface area contributed by atoms with Crippen molar-refractivity contribution >= 4 is 69.4 Å². The number of thiazole rings is 1. The zero-order valence-corrected chi connectivity index (χ0v) is 23.4. The number of halogens is 1. The number of aromatic nitrogens is 2. The first kappa shape index (κ1) is 29.2. The lowest BCUT2D eigenvalue weighted by Crippen LogP contribution is -2.70. The predicted octanol–water partition coefficient (Wildman–Crippen LogP) is 2.33. The first-order valence-corrected chi connectivity index (χ1v) is 14.7. The molecule has 1 unspecified atom stereocenters. The van der Waals surface area contributed by atoms with Crippen molar-refractivity contribution in [2.24, 2.45) is 10.9 Å². The topological polar surface area (TPSA) is 203 Å². The molecule has 1 saturated heterocycles. The molecule has 6 N–H and O–H groups in total. The molecule has 3 atom stereocenters. The van der Waals surface area contributed by atoms with E-state index in [1.807, 2.05) is 0 Å². The summed E-state index contributed by atoms with van der Waals surface area (Å²) in [5.41, 5.74) is 11.6. The van der Waals surface area contributed by atoms with E-state index in [0.29, 0.717) is 24.7 Å². The van der Waals surface area contributed by atoms with Gasteiger partial charge in [-0.15, -0.1) is 16.7 Å². The van der Waals surface area contributed by atoms with E-state index < -0.39 is 35.2 Å². The molecule has 2 aliphatic heterocycles. The van der Waals surface area contributed by atoms with E-state index in [4.69, 9.17) is 27.8 Å². The number of nitrogens with one attached hydrogen (secondary N) is 1. The van der Waals surface area contributed by atoms with Gasteiger partial charge < -0.3 is 26.6 Å². The number of fused-ring (bicyclic) bond motifs is 1. The number of rotatable bonds is 13. The molecule has 39 heavy (non-hydrogen) atoms. The van der Waals surface area contributed by atoms with Crippen molar-refractivity contribution in [3.63, 3.8) is 0 Å². The monoisotopic (exact) mass is 613 g/mol. The van der Waals surface area contributed by atoms with Gasteiger partial charge in [-0.05, 0) is 30.6 Å². The van der Waals surface area contributed by atoms with Gasteiger partial charge in [-0.25, -0.2) is 9.78 Å². The molecule has 17 heteroatoms. The normalized spacial score (nSPS) is 19.3. The molecule has 2 aromatic heterocycles. The second-order valence-electron chi connectivity index (χ2n) is 8.33. The largest absolute Gasteiger partial charge is 0.477 e. The van der Waals surface area contributed by atoms with Crippen molar-refractivity contribution in [3.05, 3.63) is 49.6 Å². The predicted molar refractivity (Wildman–Crippen MR) is 148 cm³/mol. The lowest BCUT2D eigenvalue weighted by molar-refractivity contribution is -0.150. The van der Waals surface area contributed by atoms with Crippen LogP contribution in [0.1, 0.15) is 30.1 Å². The average molecular weight is 614 g/mol. The number of nitrogens with two attached hydrogens (primary N) is 2.